The van der Waals surface area contributed by atoms with Gasteiger partial charge in [-0.2, -0.15) is 0 Å². The van der Waals surface area contributed by atoms with Crippen LogP contribution in [0.2, 0.25) is 0 Å². The third kappa shape index (κ3) is 1.52. The lowest BCUT2D eigenvalue weighted by atomic mass is 10.2. The summed E-state index contributed by atoms with van der Waals surface area (Å²) in [6, 6.07) is 9.36. The van der Waals surface area contributed by atoms with Gasteiger partial charge in [0.1, 0.15) is 0 Å². The van der Waals surface area contributed by atoms with Crippen LogP contribution in [0.25, 0.3) is 11.0 Å². The minimum absolute atomic E-state index is 0.117. The van der Waals surface area contributed by atoms with Crippen molar-refractivity contribution < 1.29 is 4.79 Å². The minimum atomic E-state index is -0.117. The van der Waals surface area contributed by atoms with Crippen LogP contribution in [0.3, 0.4) is 0 Å². The summed E-state index contributed by atoms with van der Waals surface area (Å²) in [5, 5.41) is 1.90. The van der Waals surface area contributed by atoms with Gasteiger partial charge in [0.15, 0.2) is 0 Å². The van der Waals surface area contributed by atoms with Gasteiger partial charge in [-0.05, 0) is 36.1 Å². The van der Waals surface area contributed by atoms with Crippen molar-refractivity contribution in [1.82, 2.24) is 9.55 Å². The molecular weight excluding hydrogens is 246 g/mol. The van der Waals surface area contributed by atoms with Gasteiger partial charge < -0.3 is 5.73 Å². The molecule has 2 N–H and O–H groups in total. The van der Waals surface area contributed by atoms with Crippen molar-refractivity contribution in [1.29, 1.82) is 0 Å². The van der Waals surface area contributed by atoms with E-state index in [1.165, 1.54) is 15.9 Å². The molecule has 0 radical (unpaired) electrons. The number of imidazole rings is 1. The second kappa shape index (κ2) is 3.96. The molecule has 0 fully saturated rings. The fourth-order valence-corrected chi connectivity index (χ4v) is 2.81. The first-order valence-corrected chi connectivity index (χ1v) is 6.38. The van der Waals surface area contributed by atoms with Gasteiger partial charge in [-0.25, -0.2) is 9.55 Å². The molecule has 90 valence electrons. The molecule has 0 amide bonds. The number of nitrogens with two attached hydrogens (primary N) is 1. The molecule has 2 aromatic heterocycles. The van der Waals surface area contributed by atoms with Crippen LogP contribution in [0.1, 0.15) is 15.2 Å². The molecule has 0 aliphatic carbocycles. The molecule has 4 nitrogen and oxygen atoms in total. The SMILES string of the molecule is Cc1ccsc1C(=O)n1c(N)nc2ccccc21. The summed E-state index contributed by atoms with van der Waals surface area (Å²) < 4.78 is 1.47. The third-order valence-electron chi connectivity index (χ3n) is 2.85. The Morgan fingerprint density at radius 3 is 2.83 bits per heavy atom. The van der Waals surface area contributed by atoms with Gasteiger partial charge >= 0.3 is 0 Å². The number of nitrogen functional groups attached to an aromatic ring is 1. The van der Waals surface area contributed by atoms with Crippen LogP contribution in [0.4, 0.5) is 5.95 Å². The number of fused-ring (bicyclic) bond motifs is 1. The van der Waals surface area contributed by atoms with Crippen LogP contribution in [-0.2, 0) is 0 Å². The van der Waals surface area contributed by atoms with Crippen LogP contribution in [-0.4, -0.2) is 15.5 Å². The largest absolute Gasteiger partial charge is 0.369 e. The van der Waals surface area contributed by atoms with Crippen molar-refractivity contribution in [2.75, 3.05) is 5.73 Å². The number of para-hydroxylation sites is 2. The zero-order valence-corrected chi connectivity index (χ0v) is 10.6. The molecule has 0 spiro atoms. The summed E-state index contributed by atoms with van der Waals surface area (Å²) in [4.78, 5) is 17.4. The standard InChI is InChI=1S/C13H11N3OS/c1-8-6-7-18-11(8)12(17)16-10-5-3-2-4-9(10)15-13(16)14/h2-7H,1H3,(H2,14,15). The van der Waals surface area contributed by atoms with Gasteiger partial charge in [0.25, 0.3) is 5.91 Å². The monoisotopic (exact) mass is 257 g/mol. The van der Waals surface area contributed by atoms with E-state index in [2.05, 4.69) is 4.98 Å². The average Bonchev–Trinajstić information content (AvgIpc) is 2.91. The molecule has 0 unspecified atom stereocenters. The van der Waals surface area contributed by atoms with Gasteiger partial charge in [-0.3, -0.25) is 4.79 Å². The number of rotatable bonds is 1. The lowest BCUT2D eigenvalue weighted by molar-refractivity contribution is 0.0970. The van der Waals surface area contributed by atoms with Crippen LogP contribution in [0, 0.1) is 6.92 Å². The van der Waals surface area contributed by atoms with Crippen molar-refractivity contribution in [2.24, 2.45) is 0 Å². The Labute approximate surface area is 108 Å². The van der Waals surface area contributed by atoms with Crippen molar-refractivity contribution in [3.63, 3.8) is 0 Å². The zero-order valence-electron chi connectivity index (χ0n) is 9.75. The molecule has 0 bridgehead atoms. The second-order valence-corrected chi connectivity index (χ2v) is 4.95. The Kier molecular flexibility index (Phi) is 2.41. The molecule has 0 atom stereocenters. The average molecular weight is 257 g/mol. The fraction of sp³-hybridized carbons (Fsp3) is 0.0769. The first kappa shape index (κ1) is 11.0. The number of aryl methyl sites for hydroxylation is 1. The Balaban J connectivity index is 2.23. The number of benzene rings is 1. The summed E-state index contributed by atoms with van der Waals surface area (Å²) in [5.41, 5.74) is 8.28. The van der Waals surface area contributed by atoms with Crippen LogP contribution in [0.5, 0.6) is 0 Å². The highest BCUT2D eigenvalue weighted by atomic mass is 32.1. The van der Waals surface area contributed by atoms with Crippen LogP contribution >= 0.6 is 11.3 Å². The molecular formula is C13H11N3OS. The van der Waals surface area contributed by atoms with Crippen molar-refractivity contribution in [3.8, 4) is 0 Å². The zero-order chi connectivity index (χ0) is 12.7. The number of thiophene rings is 1. The third-order valence-corrected chi connectivity index (χ3v) is 3.85. The molecule has 3 rings (SSSR count). The fourth-order valence-electron chi connectivity index (χ4n) is 1.95. The Bertz CT molecular complexity index is 742. The van der Waals surface area contributed by atoms with Crippen molar-refractivity contribution in [3.05, 3.63) is 46.2 Å². The Morgan fingerprint density at radius 2 is 2.11 bits per heavy atom. The maximum atomic E-state index is 12.5. The molecule has 5 heteroatoms. The summed E-state index contributed by atoms with van der Waals surface area (Å²) in [6.45, 7) is 1.92. The molecule has 2 heterocycles. The minimum Gasteiger partial charge on any atom is -0.369 e. The highest BCUT2D eigenvalue weighted by Gasteiger charge is 2.18. The highest BCUT2D eigenvalue weighted by molar-refractivity contribution is 7.12. The topological polar surface area (TPSA) is 60.9 Å². The number of carbonyl (C=O) groups is 1. The van der Waals surface area contributed by atoms with Gasteiger partial charge in [0, 0.05) is 0 Å². The number of anilines is 1. The van der Waals surface area contributed by atoms with Gasteiger partial charge in [0.05, 0.1) is 15.9 Å². The molecule has 1 aromatic carbocycles. The molecule has 0 saturated heterocycles. The van der Waals surface area contributed by atoms with Gasteiger partial charge in [0.2, 0.25) is 5.95 Å². The quantitative estimate of drug-likeness (QED) is 0.729. The molecule has 18 heavy (non-hydrogen) atoms. The first-order chi connectivity index (χ1) is 8.68. The number of nitrogens with zero attached hydrogens (tertiary/aromatic N) is 2. The predicted molar refractivity (Wildman–Crippen MR) is 72.9 cm³/mol. The highest BCUT2D eigenvalue weighted by Crippen LogP contribution is 2.23. The maximum Gasteiger partial charge on any atom is 0.275 e. The number of hydrogen-bond acceptors (Lipinski definition) is 4. The van der Waals surface area contributed by atoms with E-state index in [1.807, 2.05) is 42.6 Å². The Morgan fingerprint density at radius 1 is 1.33 bits per heavy atom. The van der Waals surface area contributed by atoms with E-state index >= 15 is 0 Å². The number of hydrogen-bond donors (Lipinski definition) is 1. The molecule has 0 aliphatic heterocycles. The Hall–Kier alpha value is -2.14. The molecule has 0 aliphatic rings. The van der Waals surface area contributed by atoms with E-state index in [9.17, 15) is 4.79 Å². The number of aromatic nitrogens is 2. The maximum absolute atomic E-state index is 12.5. The summed E-state index contributed by atoms with van der Waals surface area (Å²) in [5.74, 6) is 0.114. The second-order valence-electron chi connectivity index (χ2n) is 4.03. The summed E-state index contributed by atoms with van der Waals surface area (Å²) >= 11 is 1.42. The van der Waals surface area contributed by atoms with E-state index < -0.39 is 0 Å². The van der Waals surface area contributed by atoms with E-state index in [-0.39, 0.29) is 11.9 Å². The summed E-state index contributed by atoms with van der Waals surface area (Å²) in [6.07, 6.45) is 0. The lowest BCUT2D eigenvalue weighted by Crippen LogP contribution is -2.14. The smallest absolute Gasteiger partial charge is 0.275 e. The molecule has 3 aromatic rings. The normalized spacial score (nSPS) is 10.9. The van der Waals surface area contributed by atoms with Crippen LogP contribution < -0.4 is 5.73 Å². The van der Waals surface area contributed by atoms with Gasteiger partial charge in [-0.1, -0.05) is 12.1 Å². The molecule has 0 saturated carbocycles. The van der Waals surface area contributed by atoms with E-state index in [0.717, 1.165) is 16.6 Å². The van der Waals surface area contributed by atoms with Crippen molar-refractivity contribution in [2.45, 2.75) is 6.92 Å². The first-order valence-electron chi connectivity index (χ1n) is 5.50. The van der Waals surface area contributed by atoms with Crippen LogP contribution in [0.15, 0.2) is 35.7 Å². The van der Waals surface area contributed by atoms with Crippen molar-refractivity contribution >= 4 is 34.2 Å². The summed E-state index contributed by atoms with van der Waals surface area (Å²) in [7, 11) is 0. The van der Waals surface area contributed by atoms with Gasteiger partial charge in [-0.15, -0.1) is 11.3 Å². The predicted octanol–water partition coefficient (Wildman–Crippen LogP) is 2.68. The van der Waals surface area contributed by atoms with E-state index in [1.54, 1.807) is 0 Å². The lowest BCUT2D eigenvalue weighted by Gasteiger charge is -2.04. The van der Waals surface area contributed by atoms with E-state index in [4.69, 9.17) is 5.73 Å². The van der Waals surface area contributed by atoms with E-state index in [0.29, 0.717) is 4.88 Å². The number of carbonyl (C=O) groups excluding carboxylic acids is 1.